The van der Waals surface area contributed by atoms with Crippen LogP contribution in [0.1, 0.15) is 51.4 Å². The van der Waals surface area contributed by atoms with Crippen molar-refractivity contribution in [3.05, 3.63) is 0 Å². The number of hydrogen-bond donors (Lipinski definition) is 1. The molecule has 0 bridgehead atoms. The summed E-state index contributed by atoms with van der Waals surface area (Å²) < 4.78 is 26.6. The first-order chi connectivity index (χ1) is 9.07. The third-order valence-electron chi connectivity index (χ3n) is 4.18. The highest BCUT2D eigenvalue weighted by Gasteiger charge is 2.35. The van der Waals surface area contributed by atoms with Gasteiger partial charge in [0.1, 0.15) is 0 Å². The van der Waals surface area contributed by atoms with E-state index < -0.39 is 5.92 Å². The minimum atomic E-state index is -2.49. The van der Waals surface area contributed by atoms with Crippen molar-refractivity contribution in [2.24, 2.45) is 16.6 Å². The molecule has 1 aliphatic carbocycles. The van der Waals surface area contributed by atoms with Crippen molar-refractivity contribution in [1.29, 1.82) is 0 Å². The molecule has 1 heterocycles. The molecule has 1 unspecified atom stereocenters. The fourth-order valence-electron chi connectivity index (χ4n) is 3.05. The normalized spacial score (nSPS) is 29.1. The Hall–Kier alpha value is -0.870. The van der Waals surface area contributed by atoms with Crippen molar-refractivity contribution in [2.75, 3.05) is 19.6 Å². The molecule has 1 saturated heterocycles. The molecule has 1 aliphatic heterocycles. The molecule has 1 atom stereocenters. The van der Waals surface area contributed by atoms with Gasteiger partial charge in [0.05, 0.1) is 0 Å². The minimum absolute atomic E-state index is 0.00530. The summed E-state index contributed by atoms with van der Waals surface area (Å²) in [4.78, 5) is 6.47. The quantitative estimate of drug-likeness (QED) is 0.620. The number of nitrogens with two attached hydrogens (primary N) is 1. The number of rotatable bonds is 2. The second-order valence-electron chi connectivity index (χ2n) is 5.92. The first kappa shape index (κ1) is 14.5. The van der Waals surface area contributed by atoms with E-state index in [0.717, 1.165) is 32.4 Å². The Morgan fingerprint density at radius 3 is 2.47 bits per heavy atom. The highest BCUT2D eigenvalue weighted by molar-refractivity contribution is 5.78. The Kier molecular flexibility index (Phi) is 4.99. The number of likely N-dealkylation sites (tertiary alicyclic amines) is 1. The molecule has 3 nitrogen and oxygen atoms in total. The molecular weight excluding hydrogens is 248 g/mol. The summed E-state index contributed by atoms with van der Waals surface area (Å²) >= 11 is 0. The van der Waals surface area contributed by atoms with Crippen LogP contribution in [0.3, 0.4) is 0 Å². The molecule has 2 rings (SSSR count). The summed E-state index contributed by atoms with van der Waals surface area (Å²) in [6, 6.07) is 0. The van der Waals surface area contributed by atoms with Crippen LogP contribution in [-0.2, 0) is 0 Å². The number of aliphatic imine (C=N–C) groups is 1. The molecule has 5 heteroatoms. The molecule has 19 heavy (non-hydrogen) atoms. The summed E-state index contributed by atoms with van der Waals surface area (Å²) in [5, 5.41) is 0. The van der Waals surface area contributed by atoms with Crippen molar-refractivity contribution >= 4 is 5.96 Å². The van der Waals surface area contributed by atoms with Gasteiger partial charge in [-0.15, -0.1) is 0 Å². The maximum atomic E-state index is 13.3. The van der Waals surface area contributed by atoms with Crippen LogP contribution in [0, 0.1) is 5.92 Å². The lowest BCUT2D eigenvalue weighted by molar-refractivity contribution is -0.0508. The Balaban J connectivity index is 1.83. The number of nitrogens with zero attached hydrogens (tertiary/aromatic N) is 2. The zero-order chi connectivity index (χ0) is 13.7. The van der Waals surface area contributed by atoms with Gasteiger partial charge >= 0.3 is 0 Å². The first-order valence-corrected chi connectivity index (χ1v) is 7.49. The third kappa shape index (κ3) is 4.62. The monoisotopic (exact) mass is 273 g/mol. The predicted molar refractivity (Wildman–Crippen MR) is 73.4 cm³/mol. The second-order valence-corrected chi connectivity index (χ2v) is 5.92. The van der Waals surface area contributed by atoms with E-state index in [1.807, 2.05) is 0 Å². The zero-order valence-electron chi connectivity index (χ0n) is 11.6. The molecule has 110 valence electrons. The van der Waals surface area contributed by atoms with Crippen molar-refractivity contribution in [2.45, 2.75) is 57.3 Å². The number of halogens is 2. The SMILES string of the molecule is NC(=NCC1CCCC(F)(F)C1)N1CCCCCC1. The highest BCUT2D eigenvalue weighted by atomic mass is 19.3. The Labute approximate surface area is 114 Å². The molecule has 1 saturated carbocycles. The standard InChI is InChI=1S/C14H25F2N3/c15-14(16)7-5-6-12(10-14)11-18-13(17)19-8-3-1-2-4-9-19/h12H,1-11H2,(H2,17,18). The Morgan fingerprint density at radius 1 is 1.16 bits per heavy atom. The van der Waals surface area contributed by atoms with E-state index in [4.69, 9.17) is 5.73 Å². The number of alkyl halides is 2. The molecule has 2 aliphatic rings. The maximum absolute atomic E-state index is 13.3. The minimum Gasteiger partial charge on any atom is -0.370 e. The second kappa shape index (κ2) is 6.53. The van der Waals surface area contributed by atoms with Crippen LogP contribution in [0.2, 0.25) is 0 Å². The van der Waals surface area contributed by atoms with Gasteiger partial charge in [0.15, 0.2) is 5.96 Å². The summed E-state index contributed by atoms with van der Waals surface area (Å²) in [7, 11) is 0. The molecule has 0 radical (unpaired) electrons. The zero-order valence-corrected chi connectivity index (χ0v) is 11.6. The van der Waals surface area contributed by atoms with Gasteiger partial charge in [0.2, 0.25) is 5.92 Å². The average Bonchev–Trinajstić information content (AvgIpc) is 2.63. The van der Waals surface area contributed by atoms with Crippen molar-refractivity contribution in [1.82, 2.24) is 4.90 Å². The molecule has 0 aromatic heterocycles. The summed E-state index contributed by atoms with van der Waals surface area (Å²) in [5.74, 6) is -1.94. The summed E-state index contributed by atoms with van der Waals surface area (Å²) in [6.07, 6.45) is 6.27. The van der Waals surface area contributed by atoms with E-state index in [9.17, 15) is 8.78 Å². The fourth-order valence-corrected chi connectivity index (χ4v) is 3.05. The lowest BCUT2D eigenvalue weighted by Crippen LogP contribution is -2.38. The van der Waals surface area contributed by atoms with Gasteiger partial charge in [-0.3, -0.25) is 4.99 Å². The lowest BCUT2D eigenvalue weighted by Gasteiger charge is -2.28. The Bertz CT molecular complexity index is 310. The Morgan fingerprint density at radius 2 is 1.84 bits per heavy atom. The first-order valence-electron chi connectivity index (χ1n) is 7.49. The van der Waals surface area contributed by atoms with Crippen molar-refractivity contribution in [3.63, 3.8) is 0 Å². The van der Waals surface area contributed by atoms with Gasteiger partial charge in [-0.25, -0.2) is 8.78 Å². The van der Waals surface area contributed by atoms with Gasteiger partial charge in [0.25, 0.3) is 0 Å². The highest BCUT2D eigenvalue weighted by Crippen LogP contribution is 2.36. The predicted octanol–water partition coefficient (Wildman–Crippen LogP) is 3.00. The van der Waals surface area contributed by atoms with Crippen LogP contribution >= 0.6 is 0 Å². The van der Waals surface area contributed by atoms with E-state index in [-0.39, 0.29) is 18.8 Å². The third-order valence-corrected chi connectivity index (χ3v) is 4.18. The van der Waals surface area contributed by atoms with Crippen LogP contribution in [0.25, 0.3) is 0 Å². The van der Waals surface area contributed by atoms with Gasteiger partial charge in [0, 0.05) is 32.5 Å². The number of hydrogen-bond acceptors (Lipinski definition) is 1. The summed E-state index contributed by atoms with van der Waals surface area (Å²) in [6.45, 7) is 2.37. The smallest absolute Gasteiger partial charge is 0.248 e. The van der Waals surface area contributed by atoms with E-state index in [1.165, 1.54) is 12.8 Å². The van der Waals surface area contributed by atoms with E-state index in [2.05, 4.69) is 9.89 Å². The maximum Gasteiger partial charge on any atom is 0.248 e. The van der Waals surface area contributed by atoms with Crippen LogP contribution in [0.15, 0.2) is 4.99 Å². The molecular formula is C14H25F2N3. The van der Waals surface area contributed by atoms with Crippen molar-refractivity contribution < 1.29 is 8.78 Å². The molecule has 0 amide bonds. The van der Waals surface area contributed by atoms with E-state index in [1.54, 1.807) is 0 Å². The van der Waals surface area contributed by atoms with Crippen LogP contribution < -0.4 is 5.73 Å². The van der Waals surface area contributed by atoms with Gasteiger partial charge in [-0.05, 0) is 31.6 Å². The van der Waals surface area contributed by atoms with Gasteiger partial charge < -0.3 is 10.6 Å². The largest absolute Gasteiger partial charge is 0.370 e. The molecule has 0 aromatic carbocycles. The van der Waals surface area contributed by atoms with Gasteiger partial charge in [-0.2, -0.15) is 0 Å². The van der Waals surface area contributed by atoms with Crippen LogP contribution in [-0.4, -0.2) is 36.4 Å². The van der Waals surface area contributed by atoms with E-state index in [0.29, 0.717) is 18.9 Å². The van der Waals surface area contributed by atoms with Crippen LogP contribution in [0.4, 0.5) is 8.78 Å². The van der Waals surface area contributed by atoms with Crippen LogP contribution in [0.5, 0.6) is 0 Å². The fraction of sp³-hybridized carbons (Fsp3) is 0.929. The number of guanidine groups is 1. The molecule has 0 spiro atoms. The van der Waals surface area contributed by atoms with E-state index >= 15 is 0 Å². The lowest BCUT2D eigenvalue weighted by atomic mass is 9.87. The molecule has 2 fully saturated rings. The molecule has 0 aromatic rings. The molecule has 2 N–H and O–H groups in total. The van der Waals surface area contributed by atoms with Gasteiger partial charge in [-0.1, -0.05) is 12.8 Å². The summed E-state index contributed by atoms with van der Waals surface area (Å²) in [5.41, 5.74) is 5.99. The topological polar surface area (TPSA) is 41.6 Å². The van der Waals surface area contributed by atoms with Crippen molar-refractivity contribution in [3.8, 4) is 0 Å². The average molecular weight is 273 g/mol.